The quantitative estimate of drug-likeness (QED) is 0.280. The number of hydrogen-bond donors (Lipinski definition) is 3. The van der Waals surface area contributed by atoms with E-state index in [-0.39, 0.29) is 52.8 Å². The lowest BCUT2D eigenvalue weighted by Gasteiger charge is -2.18. The molecule has 0 aliphatic rings. The summed E-state index contributed by atoms with van der Waals surface area (Å²) in [7, 11) is -2.79. The molecule has 0 aliphatic heterocycles. The van der Waals surface area contributed by atoms with Crippen LogP contribution in [0.1, 0.15) is 5.56 Å². The Hall–Kier alpha value is -4.49. The van der Waals surface area contributed by atoms with Crippen LogP contribution in [-0.4, -0.2) is 53.8 Å². The zero-order chi connectivity index (χ0) is 26.4. The molecule has 0 spiro atoms. The summed E-state index contributed by atoms with van der Waals surface area (Å²) >= 11 is 0. The number of pyridine rings is 2. The van der Waals surface area contributed by atoms with Crippen molar-refractivity contribution < 1.29 is 27.7 Å². The first-order valence-electron chi connectivity index (χ1n) is 10.9. The first-order chi connectivity index (χ1) is 17.8. The van der Waals surface area contributed by atoms with Gasteiger partial charge in [0.15, 0.2) is 28.2 Å². The van der Waals surface area contributed by atoms with Crippen LogP contribution in [0, 0.1) is 6.92 Å². The van der Waals surface area contributed by atoms with E-state index in [4.69, 9.17) is 14.2 Å². The SMILES string of the molecule is COc1ccccc1Oc1c(NS(=O)(=O)c2ccc(C)cn2)nc(-c2cc[nH]c(=O)c2)nc1OCCO. The molecule has 3 heterocycles. The molecule has 192 valence electrons. The first-order valence-corrected chi connectivity index (χ1v) is 12.4. The van der Waals surface area contributed by atoms with Crippen LogP contribution < -0.4 is 24.5 Å². The highest BCUT2D eigenvalue weighted by molar-refractivity contribution is 7.92. The van der Waals surface area contributed by atoms with Crippen molar-refractivity contribution in [2.24, 2.45) is 0 Å². The number of H-pyrrole nitrogens is 1. The number of aromatic nitrogens is 4. The molecule has 0 amide bonds. The molecule has 4 rings (SSSR count). The average Bonchev–Trinajstić information content (AvgIpc) is 2.89. The van der Waals surface area contributed by atoms with Gasteiger partial charge in [0.05, 0.1) is 13.7 Å². The normalized spacial score (nSPS) is 11.1. The fraction of sp³-hybridized carbons (Fsp3) is 0.167. The molecule has 13 heteroatoms. The Morgan fingerprint density at radius 1 is 1.08 bits per heavy atom. The number of rotatable bonds is 10. The maximum absolute atomic E-state index is 13.2. The number of aryl methyl sites for hydroxylation is 1. The van der Waals surface area contributed by atoms with Gasteiger partial charge in [-0.05, 0) is 36.8 Å². The lowest BCUT2D eigenvalue weighted by molar-refractivity contribution is 0.192. The topological polar surface area (TPSA) is 166 Å². The minimum atomic E-state index is -4.24. The van der Waals surface area contributed by atoms with E-state index in [1.165, 1.54) is 37.7 Å². The van der Waals surface area contributed by atoms with Crippen molar-refractivity contribution in [2.45, 2.75) is 11.9 Å². The third kappa shape index (κ3) is 6.02. The van der Waals surface area contributed by atoms with Crippen molar-refractivity contribution in [3.63, 3.8) is 0 Å². The summed E-state index contributed by atoms with van der Waals surface area (Å²) in [5, 5.41) is 9.09. The zero-order valence-corrected chi connectivity index (χ0v) is 20.7. The summed E-state index contributed by atoms with van der Waals surface area (Å²) in [5.74, 6) is -0.113. The van der Waals surface area contributed by atoms with E-state index in [0.717, 1.165) is 5.56 Å². The Bertz CT molecular complexity index is 1560. The molecule has 0 saturated carbocycles. The predicted octanol–water partition coefficient (Wildman–Crippen LogP) is 2.51. The largest absolute Gasteiger partial charge is 0.493 e. The van der Waals surface area contributed by atoms with Gasteiger partial charge in [-0.3, -0.25) is 9.52 Å². The molecule has 3 aromatic heterocycles. The monoisotopic (exact) mass is 525 g/mol. The first kappa shape index (κ1) is 25.6. The van der Waals surface area contributed by atoms with E-state index < -0.39 is 15.6 Å². The van der Waals surface area contributed by atoms with Gasteiger partial charge in [0, 0.05) is 24.0 Å². The number of aliphatic hydroxyl groups is 1. The molecule has 0 radical (unpaired) electrons. The highest BCUT2D eigenvalue weighted by Crippen LogP contribution is 2.41. The number of nitrogens with zero attached hydrogens (tertiary/aromatic N) is 3. The number of benzene rings is 1. The number of aliphatic hydroxyl groups excluding tert-OH is 1. The summed E-state index contributed by atoms with van der Waals surface area (Å²) in [6.07, 6.45) is 2.81. The van der Waals surface area contributed by atoms with Crippen LogP contribution in [0.4, 0.5) is 5.82 Å². The van der Waals surface area contributed by atoms with Crippen LogP contribution in [0.3, 0.4) is 0 Å². The predicted molar refractivity (Wildman–Crippen MR) is 134 cm³/mol. The second kappa shape index (κ2) is 11.1. The molecule has 0 unspecified atom stereocenters. The average molecular weight is 526 g/mol. The molecule has 0 fully saturated rings. The highest BCUT2D eigenvalue weighted by Gasteiger charge is 2.26. The van der Waals surface area contributed by atoms with Gasteiger partial charge < -0.3 is 24.3 Å². The zero-order valence-electron chi connectivity index (χ0n) is 19.8. The Labute approximate surface area is 212 Å². The number of nitrogens with one attached hydrogen (secondary N) is 2. The van der Waals surface area contributed by atoms with Crippen molar-refractivity contribution >= 4 is 15.8 Å². The Morgan fingerprint density at radius 2 is 1.86 bits per heavy atom. The molecule has 12 nitrogen and oxygen atoms in total. The molecule has 37 heavy (non-hydrogen) atoms. The number of aromatic amines is 1. The molecule has 0 saturated heterocycles. The van der Waals surface area contributed by atoms with Gasteiger partial charge in [-0.1, -0.05) is 18.2 Å². The molecular formula is C24H23N5O7S. The van der Waals surface area contributed by atoms with E-state index in [1.807, 2.05) is 0 Å². The fourth-order valence-corrected chi connectivity index (χ4v) is 4.09. The van der Waals surface area contributed by atoms with Gasteiger partial charge in [0.1, 0.15) is 6.61 Å². The van der Waals surface area contributed by atoms with Crippen molar-refractivity contribution in [3.05, 3.63) is 76.8 Å². The van der Waals surface area contributed by atoms with Crippen LogP contribution in [0.2, 0.25) is 0 Å². The summed E-state index contributed by atoms with van der Waals surface area (Å²) < 4.78 is 45.8. The standard InChI is InChI=1S/C24H23N5O7S/c1-15-7-8-20(26-14-15)37(32,33)29-23-21(36-18-6-4-3-5-17(18)34-2)24(35-12-11-30)28-22(27-23)16-9-10-25-19(31)13-16/h3-10,13-14,30H,11-12H2,1-2H3,(H,25,31)(H,27,28,29). The molecule has 0 aliphatic carbocycles. The molecular weight excluding hydrogens is 502 g/mol. The van der Waals surface area contributed by atoms with E-state index in [0.29, 0.717) is 5.75 Å². The number of para-hydroxylation sites is 2. The maximum atomic E-state index is 13.2. The van der Waals surface area contributed by atoms with E-state index in [9.17, 15) is 18.3 Å². The van der Waals surface area contributed by atoms with E-state index in [1.54, 1.807) is 37.3 Å². The highest BCUT2D eigenvalue weighted by atomic mass is 32.2. The lowest BCUT2D eigenvalue weighted by Crippen LogP contribution is -2.17. The Balaban J connectivity index is 1.90. The van der Waals surface area contributed by atoms with Gasteiger partial charge in [0.2, 0.25) is 11.3 Å². The summed E-state index contributed by atoms with van der Waals surface area (Å²) in [6.45, 7) is 1.24. The van der Waals surface area contributed by atoms with Crippen LogP contribution in [0.25, 0.3) is 11.4 Å². The number of methoxy groups -OCH3 is 1. The smallest absolute Gasteiger partial charge is 0.280 e. The van der Waals surface area contributed by atoms with E-state index >= 15 is 0 Å². The van der Waals surface area contributed by atoms with Crippen LogP contribution >= 0.6 is 0 Å². The van der Waals surface area contributed by atoms with Crippen molar-refractivity contribution in [1.29, 1.82) is 0 Å². The molecule has 4 aromatic rings. The Morgan fingerprint density at radius 3 is 2.54 bits per heavy atom. The lowest BCUT2D eigenvalue weighted by atomic mass is 10.2. The second-order valence-corrected chi connectivity index (χ2v) is 9.21. The van der Waals surface area contributed by atoms with Gasteiger partial charge in [-0.2, -0.15) is 13.4 Å². The van der Waals surface area contributed by atoms with Crippen LogP contribution in [0.15, 0.2) is 70.7 Å². The number of anilines is 1. The van der Waals surface area contributed by atoms with Gasteiger partial charge in [0.25, 0.3) is 15.9 Å². The van der Waals surface area contributed by atoms with Gasteiger partial charge in [-0.15, -0.1) is 0 Å². The summed E-state index contributed by atoms with van der Waals surface area (Å²) in [5.41, 5.74) is 0.645. The number of hydrogen-bond acceptors (Lipinski definition) is 10. The minimum absolute atomic E-state index is 0.0269. The summed E-state index contributed by atoms with van der Waals surface area (Å²) in [4.78, 5) is 27.0. The minimum Gasteiger partial charge on any atom is -0.493 e. The molecule has 1 aromatic carbocycles. The van der Waals surface area contributed by atoms with Crippen molar-refractivity contribution in [3.8, 4) is 34.5 Å². The maximum Gasteiger partial charge on any atom is 0.280 e. The summed E-state index contributed by atoms with van der Waals surface area (Å²) in [6, 6.07) is 12.4. The molecule has 0 bridgehead atoms. The third-order valence-electron chi connectivity index (χ3n) is 4.87. The second-order valence-electron chi connectivity index (χ2n) is 7.58. The van der Waals surface area contributed by atoms with Crippen LogP contribution in [0.5, 0.6) is 23.1 Å². The van der Waals surface area contributed by atoms with Crippen LogP contribution in [-0.2, 0) is 10.0 Å². The van der Waals surface area contributed by atoms with Gasteiger partial charge >= 0.3 is 0 Å². The van der Waals surface area contributed by atoms with E-state index in [2.05, 4.69) is 24.7 Å². The number of ether oxygens (including phenoxy) is 3. The van der Waals surface area contributed by atoms with Gasteiger partial charge in [-0.25, -0.2) is 9.97 Å². The third-order valence-corrected chi connectivity index (χ3v) is 6.12. The molecule has 3 N–H and O–H groups in total. The molecule has 0 atom stereocenters. The fourth-order valence-electron chi connectivity index (χ4n) is 3.15. The van der Waals surface area contributed by atoms with Crippen molar-refractivity contribution in [1.82, 2.24) is 19.9 Å². The number of sulfonamides is 1. The Kier molecular flexibility index (Phi) is 7.65. The van der Waals surface area contributed by atoms with Crippen molar-refractivity contribution in [2.75, 3.05) is 25.0 Å².